The zero-order chi connectivity index (χ0) is 13.2. The number of hydrogen-bond donors (Lipinski definition) is 1. The van der Waals surface area contributed by atoms with Crippen LogP contribution in [0.1, 0.15) is 43.0 Å². The van der Waals surface area contributed by atoms with E-state index in [-0.39, 0.29) is 12.4 Å². The number of anilines is 1. The van der Waals surface area contributed by atoms with Gasteiger partial charge in [0.1, 0.15) is 5.82 Å². The van der Waals surface area contributed by atoms with E-state index in [2.05, 4.69) is 33.3 Å². The summed E-state index contributed by atoms with van der Waals surface area (Å²) in [5, 5.41) is 12.3. The summed E-state index contributed by atoms with van der Waals surface area (Å²) in [7, 11) is 1.93. The first-order valence-corrected chi connectivity index (χ1v) is 7.00. The molecular formula is C14H22ClN5. The average molecular weight is 296 g/mol. The van der Waals surface area contributed by atoms with E-state index in [0.29, 0.717) is 6.04 Å². The summed E-state index contributed by atoms with van der Waals surface area (Å²) in [6.07, 6.45) is 9.36. The van der Waals surface area contributed by atoms with Crippen molar-refractivity contribution in [3.8, 4) is 0 Å². The molecule has 1 fully saturated rings. The summed E-state index contributed by atoms with van der Waals surface area (Å²) in [6, 6.07) is 2.60. The first-order valence-electron chi connectivity index (χ1n) is 7.00. The fraction of sp³-hybridized carbons (Fsp3) is 0.571. The molecule has 0 amide bonds. The zero-order valence-corrected chi connectivity index (χ0v) is 12.9. The Hall–Kier alpha value is -1.49. The molecule has 2 aromatic rings. The van der Waals surface area contributed by atoms with Crippen LogP contribution >= 0.6 is 12.4 Å². The lowest BCUT2D eigenvalue weighted by atomic mass is 10.2. The smallest absolute Gasteiger partial charge is 0.148 e. The molecule has 5 nitrogen and oxygen atoms in total. The van der Waals surface area contributed by atoms with E-state index in [0.717, 1.165) is 18.1 Å². The van der Waals surface area contributed by atoms with Crippen LogP contribution in [0.5, 0.6) is 0 Å². The molecule has 0 unspecified atom stereocenters. The number of rotatable bonds is 4. The Morgan fingerprint density at radius 2 is 2.05 bits per heavy atom. The number of aromatic nitrogens is 4. The Bertz CT molecular complexity index is 554. The number of hydrogen-bond acceptors (Lipinski definition) is 3. The second-order valence-corrected chi connectivity index (χ2v) is 5.39. The molecule has 1 aliphatic rings. The van der Waals surface area contributed by atoms with Gasteiger partial charge in [-0.05, 0) is 19.8 Å². The Morgan fingerprint density at radius 1 is 1.30 bits per heavy atom. The third-order valence-electron chi connectivity index (χ3n) is 3.89. The quantitative estimate of drug-likeness (QED) is 0.943. The molecule has 20 heavy (non-hydrogen) atoms. The molecule has 1 aliphatic carbocycles. The molecule has 0 atom stereocenters. The Kier molecular flexibility index (Phi) is 4.70. The minimum Gasteiger partial charge on any atom is -0.364 e. The maximum Gasteiger partial charge on any atom is 0.148 e. The normalized spacial score (nSPS) is 15.3. The lowest BCUT2D eigenvalue weighted by molar-refractivity contribution is 0.464. The molecule has 1 N–H and O–H groups in total. The zero-order valence-electron chi connectivity index (χ0n) is 12.0. The Balaban J connectivity index is 0.00000147. The van der Waals surface area contributed by atoms with E-state index >= 15 is 0 Å². The Morgan fingerprint density at radius 3 is 2.70 bits per heavy atom. The number of halogens is 1. The number of nitrogens with zero attached hydrogens (tertiary/aromatic N) is 4. The first kappa shape index (κ1) is 14.9. The van der Waals surface area contributed by atoms with Crippen LogP contribution in [0.25, 0.3) is 0 Å². The van der Waals surface area contributed by atoms with E-state index in [9.17, 15) is 0 Å². The number of nitrogens with one attached hydrogen (secondary N) is 1. The van der Waals surface area contributed by atoms with Crippen molar-refractivity contribution in [2.24, 2.45) is 7.05 Å². The van der Waals surface area contributed by atoms with E-state index in [4.69, 9.17) is 0 Å². The van der Waals surface area contributed by atoms with Crippen molar-refractivity contribution < 1.29 is 0 Å². The summed E-state index contributed by atoms with van der Waals surface area (Å²) < 4.78 is 3.97. The highest BCUT2D eigenvalue weighted by Crippen LogP contribution is 2.29. The second-order valence-electron chi connectivity index (χ2n) is 5.39. The largest absolute Gasteiger partial charge is 0.364 e. The van der Waals surface area contributed by atoms with Crippen LogP contribution in [0.2, 0.25) is 0 Å². The van der Waals surface area contributed by atoms with Crippen molar-refractivity contribution in [3.05, 3.63) is 29.7 Å². The van der Waals surface area contributed by atoms with Gasteiger partial charge in [-0.15, -0.1) is 12.4 Å². The van der Waals surface area contributed by atoms with Crippen molar-refractivity contribution in [3.63, 3.8) is 0 Å². The van der Waals surface area contributed by atoms with Crippen LogP contribution in [0.15, 0.2) is 18.5 Å². The third-order valence-corrected chi connectivity index (χ3v) is 3.89. The van der Waals surface area contributed by atoms with Crippen LogP contribution in [0.4, 0.5) is 5.82 Å². The highest BCUT2D eigenvalue weighted by atomic mass is 35.5. The number of aryl methyl sites for hydroxylation is 2. The average Bonchev–Trinajstić information content (AvgIpc) is 3.07. The lowest BCUT2D eigenvalue weighted by Crippen LogP contribution is -2.05. The van der Waals surface area contributed by atoms with Gasteiger partial charge in [0.2, 0.25) is 0 Å². The van der Waals surface area contributed by atoms with E-state index in [1.54, 1.807) is 4.68 Å². The van der Waals surface area contributed by atoms with Gasteiger partial charge in [0.25, 0.3) is 0 Å². The molecule has 3 rings (SSSR count). The van der Waals surface area contributed by atoms with Crippen molar-refractivity contribution in [2.45, 2.75) is 45.2 Å². The summed E-state index contributed by atoms with van der Waals surface area (Å²) in [5.74, 6) is 0.913. The van der Waals surface area contributed by atoms with Crippen LogP contribution in [0, 0.1) is 6.92 Å². The monoisotopic (exact) mass is 295 g/mol. The fourth-order valence-corrected chi connectivity index (χ4v) is 2.74. The van der Waals surface area contributed by atoms with E-state index in [1.165, 1.54) is 31.2 Å². The standard InChI is InChI=1S/C14H21N5.ClH/c1-11-12(9-15-14-7-8-18(2)17-14)10-19(16-11)13-5-3-4-6-13;/h7-8,10,13H,3-6,9H2,1-2H3,(H,15,17);1H. The topological polar surface area (TPSA) is 47.7 Å². The van der Waals surface area contributed by atoms with Crippen molar-refractivity contribution in [1.29, 1.82) is 0 Å². The molecule has 0 radical (unpaired) electrons. The summed E-state index contributed by atoms with van der Waals surface area (Å²) in [5.41, 5.74) is 2.38. The van der Waals surface area contributed by atoms with Gasteiger partial charge in [0.15, 0.2) is 0 Å². The van der Waals surface area contributed by atoms with Gasteiger partial charge < -0.3 is 5.32 Å². The van der Waals surface area contributed by atoms with Crippen LogP contribution < -0.4 is 5.32 Å². The molecule has 0 aliphatic heterocycles. The Labute approximate surface area is 125 Å². The SMILES string of the molecule is Cc1nn(C2CCCC2)cc1CNc1ccn(C)n1.Cl. The second kappa shape index (κ2) is 6.31. The van der Waals surface area contributed by atoms with Gasteiger partial charge in [-0.1, -0.05) is 12.8 Å². The van der Waals surface area contributed by atoms with Crippen LogP contribution in [-0.2, 0) is 13.6 Å². The summed E-state index contributed by atoms with van der Waals surface area (Å²) in [6.45, 7) is 2.87. The molecule has 1 saturated carbocycles. The van der Waals surface area contributed by atoms with Crippen LogP contribution in [-0.4, -0.2) is 19.6 Å². The minimum atomic E-state index is 0. The predicted molar refractivity (Wildman–Crippen MR) is 82.3 cm³/mol. The van der Waals surface area contributed by atoms with Gasteiger partial charge in [-0.3, -0.25) is 9.36 Å². The van der Waals surface area contributed by atoms with E-state index in [1.807, 2.05) is 19.3 Å². The van der Waals surface area contributed by atoms with E-state index < -0.39 is 0 Å². The molecule has 2 aromatic heterocycles. The predicted octanol–water partition coefficient (Wildman–Crippen LogP) is 3.07. The van der Waals surface area contributed by atoms with Gasteiger partial charge in [-0.25, -0.2) is 0 Å². The molecule has 0 bridgehead atoms. The van der Waals surface area contributed by atoms with Crippen molar-refractivity contribution in [2.75, 3.05) is 5.32 Å². The van der Waals surface area contributed by atoms with Gasteiger partial charge in [0, 0.05) is 37.6 Å². The first-order chi connectivity index (χ1) is 9.22. The maximum absolute atomic E-state index is 4.66. The third kappa shape index (κ3) is 3.15. The fourth-order valence-electron chi connectivity index (χ4n) is 2.74. The minimum absolute atomic E-state index is 0. The molecule has 0 saturated heterocycles. The molecular weight excluding hydrogens is 274 g/mol. The maximum atomic E-state index is 4.66. The van der Waals surface area contributed by atoms with Gasteiger partial charge in [0.05, 0.1) is 11.7 Å². The molecule has 0 spiro atoms. The lowest BCUT2D eigenvalue weighted by Gasteiger charge is -2.08. The molecule has 110 valence electrons. The highest BCUT2D eigenvalue weighted by molar-refractivity contribution is 5.85. The molecule has 6 heteroatoms. The highest BCUT2D eigenvalue weighted by Gasteiger charge is 2.18. The van der Waals surface area contributed by atoms with Crippen LogP contribution in [0.3, 0.4) is 0 Å². The summed E-state index contributed by atoms with van der Waals surface area (Å²) >= 11 is 0. The molecule has 2 heterocycles. The van der Waals surface area contributed by atoms with Crippen molar-refractivity contribution >= 4 is 18.2 Å². The van der Waals surface area contributed by atoms with Gasteiger partial charge in [-0.2, -0.15) is 10.2 Å². The summed E-state index contributed by atoms with van der Waals surface area (Å²) in [4.78, 5) is 0. The molecule has 0 aromatic carbocycles. The van der Waals surface area contributed by atoms with Crippen molar-refractivity contribution in [1.82, 2.24) is 19.6 Å². The van der Waals surface area contributed by atoms with Gasteiger partial charge >= 0.3 is 0 Å².